The maximum Gasteiger partial charge on any atom is 0.254 e. The van der Waals surface area contributed by atoms with E-state index in [0.717, 1.165) is 43.5 Å². The number of benzene rings is 2. The van der Waals surface area contributed by atoms with Crippen molar-refractivity contribution < 1.29 is 4.79 Å². The van der Waals surface area contributed by atoms with Gasteiger partial charge >= 0.3 is 0 Å². The summed E-state index contributed by atoms with van der Waals surface area (Å²) in [4.78, 5) is 15.2. The molecule has 0 bridgehead atoms. The van der Waals surface area contributed by atoms with Crippen LogP contribution in [-0.2, 0) is 6.42 Å². The Labute approximate surface area is 150 Å². The molecule has 1 N–H and O–H groups in total. The summed E-state index contributed by atoms with van der Waals surface area (Å²) in [6.45, 7) is 6.05. The van der Waals surface area contributed by atoms with E-state index >= 15 is 0 Å². The molecule has 2 aromatic rings. The zero-order valence-corrected chi connectivity index (χ0v) is 15.1. The first-order valence-electron chi connectivity index (χ1n) is 9.39. The Morgan fingerprint density at radius 3 is 2.52 bits per heavy atom. The second kappa shape index (κ2) is 6.64. The summed E-state index contributed by atoms with van der Waals surface area (Å²) in [5.74, 6) is 0.191. The van der Waals surface area contributed by atoms with Crippen molar-refractivity contribution in [1.82, 2.24) is 10.2 Å². The van der Waals surface area contributed by atoms with Gasteiger partial charge in [-0.2, -0.15) is 0 Å². The summed E-state index contributed by atoms with van der Waals surface area (Å²) in [6, 6.07) is 15.7. The van der Waals surface area contributed by atoms with Crippen LogP contribution in [0.3, 0.4) is 0 Å². The molecule has 0 aromatic heterocycles. The third-order valence-corrected chi connectivity index (χ3v) is 5.40. The fourth-order valence-corrected chi connectivity index (χ4v) is 4.26. The first kappa shape index (κ1) is 16.3. The number of fused-ring (bicyclic) bond motifs is 3. The summed E-state index contributed by atoms with van der Waals surface area (Å²) in [5, 5.41) is 3.60. The minimum atomic E-state index is 0.191. The third kappa shape index (κ3) is 3.09. The van der Waals surface area contributed by atoms with E-state index < -0.39 is 0 Å². The second-order valence-electron chi connectivity index (χ2n) is 7.56. The Balaban J connectivity index is 1.57. The molecular formula is C22H26N2O. The van der Waals surface area contributed by atoms with Crippen molar-refractivity contribution in [3.05, 3.63) is 59.2 Å². The molecule has 1 amide bonds. The van der Waals surface area contributed by atoms with E-state index in [1.54, 1.807) is 0 Å². The van der Waals surface area contributed by atoms with Crippen LogP contribution in [0.4, 0.5) is 0 Å². The Hall–Kier alpha value is -2.13. The van der Waals surface area contributed by atoms with Crippen molar-refractivity contribution in [2.45, 2.75) is 45.2 Å². The van der Waals surface area contributed by atoms with Gasteiger partial charge in [0.05, 0.1) is 0 Å². The minimum absolute atomic E-state index is 0.191. The van der Waals surface area contributed by atoms with Gasteiger partial charge in [0.15, 0.2) is 0 Å². The predicted molar refractivity (Wildman–Crippen MR) is 102 cm³/mol. The van der Waals surface area contributed by atoms with E-state index in [4.69, 9.17) is 0 Å². The van der Waals surface area contributed by atoms with Crippen molar-refractivity contribution in [1.29, 1.82) is 0 Å². The fourth-order valence-electron chi connectivity index (χ4n) is 4.26. The molecule has 1 heterocycles. The lowest BCUT2D eigenvalue weighted by Crippen LogP contribution is -2.46. The van der Waals surface area contributed by atoms with Gasteiger partial charge in [0.25, 0.3) is 5.91 Å². The molecule has 3 heteroatoms. The van der Waals surface area contributed by atoms with E-state index in [1.807, 2.05) is 17.0 Å². The van der Waals surface area contributed by atoms with Gasteiger partial charge in [-0.05, 0) is 47.6 Å². The number of carbonyl (C=O) groups excluding carboxylic acids is 1. The number of nitrogens with one attached hydrogen (secondary N) is 1. The number of likely N-dealkylation sites (tertiary alicyclic amines) is 1. The molecule has 2 aliphatic rings. The van der Waals surface area contributed by atoms with Crippen LogP contribution in [0.5, 0.6) is 0 Å². The zero-order chi connectivity index (χ0) is 17.4. The lowest BCUT2D eigenvalue weighted by atomic mass is 9.97. The number of amides is 1. The van der Waals surface area contributed by atoms with Gasteiger partial charge in [0.2, 0.25) is 0 Å². The number of rotatable bonds is 3. The van der Waals surface area contributed by atoms with E-state index in [2.05, 4.69) is 49.5 Å². The molecule has 3 nitrogen and oxygen atoms in total. The van der Waals surface area contributed by atoms with E-state index in [-0.39, 0.29) is 5.91 Å². The van der Waals surface area contributed by atoms with E-state index in [1.165, 1.54) is 16.7 Å². The van der Waals surface area contributed by atoms with Crippen LogP contribution in [0.25, 0.3) is 11.1 Å². The Morgan fingerprint density at radius 2 is 1.76 bits per heavy atom. The van der Waals surface area contributed by atoms with Crippen LogP contribution >= 0.6 is 0 Å². The molecule has 4 rings (SSSR count). The predicted octanol–water partition coefficient (Wildman–Crippen LogP) is 3.86. The fraction of sp³-hybridized carbons (Fsp3) is 0.409. The van der Waals surface area contributed by atoms with Gasteiger partial charge < -0.3 is 10.2 Å². The molecule has 1 aliphatic heterocycles. The molecule has 0 spiro atoms. The van der Waals surface area contributed by atoms with Crippen LogP contribution in [0, 0.1) is 0 Å². The Bertz CT molecular complexity index is 788. The van der Waals surface area contributed by atoms with Crippen LogP contribution in [0.1, 0.15) is 48.2 Å². The topological polar surface area (TPSA) is 32.3 Å². The number of carbonyl (C=O) groups is 1. The number of hydrogen-bond donors (Lipinski definition) is 1. The highest BCUT2D eigenvalue weighted by molar-refractivity contribution is 6.03. The first-order chi connectivity index (χ1) is 12.1. The largest absolute Gasteiger partial charge is 0.339 e. The second-order valence-corrected chi connectivity index (χ2v) is 7.56. The summed E-state index contributed by atoms with van der Waals surface area (Å²) in [7, 11) is 0. The highest BCUT2D eigenvalue weighted by atomic mass is 16.2. The molecule has 1 fully saturated rings. The van der Waals surface area contributed by atoms with E-state index in [0.29, 0.717) is 12.1 Å². The monoisotopic (exact) mass is 334 g/mol. The van der Waals surface area contributed by atoms with Gasteiger partial charge in [0, 0.05) is 30.7 Å². The third-order valence-electron chi connectivity index (χ3n) is 5.40. The number of nitrogens with zero attached hydrogens (tertiary/aromatic N) is 1. The molecule has 1 saturated heterocycles. The average Bonchev–Trinajstić information content (AvgIpc) is 3.00. The highest BCUT2D eigenvalue weighted by Gasteiger charge is 2.28. The first-order valence-corrected chi connectivity index (χ1v) is 9.39. The van der Waals surface area contributed by atoms with Crippen LogP contribution < -0.4 is 5.32 Å². The van der Waals surface area contributed by atoms with Crippen molar-refractivity contribution >= 4 is 5.91 Å². The molecule has 0 radical (unpaired) electrons. The number of hydrogen-bond acceptors (Lipinski definition) is 2. The minimum Gasteiger partial charge on any atom is -0.339 e. The normalized spacial score (nSPS) is 16.8. The van der Waals surface area contributed by atoms with E-state index in [9.17, 15) is 4.79 Å². The maximum absolute atomic E-state index is 13.2. The summed E-state index contributed by atoms with van der Waals surface area (Å²) in [6.07, 6.45) is 3.01. The molecular weight excluding hydrogens is 308 g/mol. The van der Waals surface area contributed by atoms with Crippen LogP contribution in [-0.4, -0.2) is 36.0 Å². The SMILES string of the molecule is CC(C)NC1CCN(C(=O)c2cccc3c2-c2ccccc2C3)CC1. The molecule has 25 heavy (non-hydrogen) atoms. The zero-order valence-electron chi connectivity index (χ0n) is 15.1. The lowest BCUT2D eigenvalue weighted by molar-refractivity contribution is 0.0704. The van der Waals surface area contributed by atoms with Crippen molar-refractivity contribution in [3.8, 4) is 11.1 Å². The average molecular weight is 334 g/mol. The van der Waals surface area contributed by atoms with Gasteiger partial charge in [-0.1, -0.05) is 50.2 Å². The summed E-state index contributed by atoms with van der Waals surface area (Å²) in [5.41, 5.74) is 5.88. The smallest absolute Gasteiger partial charge is 0.254 e. The van der Waals surface area contributed by atoms with Crippen molar-refractivity contribution in [3.63, 3.8) is 0 Å². The van der Waals surface area contributed by atoms with Crippen molar-refractivity contribution in [2.75, 3.05) is 13.1 Å². The van der Waals surface area contributed by atoms with Gasteiger partial charge in [-0.25, -0.2) is 0 Å². The number of piperidine rings is 1. The van der Waals surface area contributed by atoms with Gasteiger partial charge in [0.1, 0.15) is 0 Å². The molecule has 130 valence electrons. The lowest BCUT2D eigenvalue weighted by Gasteiger charge is -2.34. The molecule has 2 aromatic carbocycles. The maximum atomic E-state index is 13.2. The highest BCUT2D eigenvalue weighted by Crippen LogP contribution is 2.39. The molecule has 1 aliphatic carbocycles. The standard InChI is InChI=1S/C22H26N2O/c1-15(2)23-18-10-12-24(13-11-18)22(25)20-9-5-7-17-14-16-6-3-4-8-19(16)21(17)20/h3-9,15,18,23H,10-14H2,1-2H3. The van der Waals surface area contributed by atoms with Crippen LogP contribution in [0.15, 0.2) is 42.5 Å². The van der Waals surface area contributed by atoms with Crippen LogP contribution in [0.2, 0.25) is 0 Å². The Morgan fingerprint density at radius 1 is 1.04 bits per heavy atom. The molecule has 0 saturated carbocycles. The van der Waals surface area contributed by atoms with Gasteiger partial charge in [-0.15, -0.1) is 0 Å². The molecule has 0 unspecified atom stereocenters. The summed E-state index contributed by atoms with van der Waals surface area (Å²) < 4.78 is 0. The molecule has 0 atom stereocenters. The quantitative estimate of drug-likeness (QED) is 0.789. The summed E-state index contributed by atoms with van der Waals surface area (Å²) >= 11 is 0. The van der Waals surface area contributed by atoms with Crippen molar-refractivity contribution in [2.24, 2.45) is 0 Å². The van der Waals surface area contributed by atoms with Gasteiger partial charge in [-0.3, -0.25) is 4.79 Å². The Kier molecular flexibility index (Phi) is 4.34.